The summed E-state index contributed by atoms with van der Waals surface area (Å²) in [4.78, 5) is 7.21. The quantitative estimate of drug-likeness (QED) is 0.249. The molecular weight excluding hydrogens is 511 g/mol. The molecule has 0 radical (unpaired) electrons. The van der Waals surface area contributed by atoms with Crippen LogP contribution in [0.3, 0.4) is 0 Å². The van der Waals surface area contributed by atoms with Gasteiger partial charge in [0.25, 0.3) is 0 Å². The second kappa shape index (κ2) is 13.7. The highest BCUT2D eigenvalue weighted by atomic mass is 127. The first-order valence-electron chi connectivity index (χ1n) is 11.7. The SMILES string of the molecule is CCNC(=NCc1ccc(N2CCC(CO)CC2)cc1)NC(C)c1ccc(CC)cc1.I. The van der Waals surface area contributed by atoms with Gasteiger partial charge < -0.3 is 20.6 Å². The predicted octanol–water partition coefficient (Wildman–Crippen LogP) is 4.89. The lowest BCUT2D eigenvalue weighted by Gasteiger charge is -2.32. The van der Waals surface area contributed by atoms with Crippen molar-refractivity contribution in [3.8, 4) is 0 Å². The number of nitrogens with zero attached hydrogens (tertiary/aromatic N) is 2. The highest BCUT2D eigenvalue weighted by molar-refractivity contribution is 14.0. The molecule has 176 valence electrons. The van der Waals surface area contributed by atoms with Crippen LogP contribution in [-0.4, -0.2) is 37.3 Å². The van der Waals surface area contributed by atoms with E-state index in [0.717, 1.165) is 44.9 Å². The predicted molar refractivity (Wildman–Crippen MR) is 146 cm³/mol. The van der Waals surface area contributed by atoms with Crippen molar-refractivity contribution in [1.82, 2.24) is 10.6 Å². The van der Waals surface area contributed by atoms with E-state index in [-0.39, 0.29) is 30.0 Å². The van der Waals surface area contributed by atoms with Crippen molar-refractivity contribution in [2.75, 3.05) is 31.1 Å². The van der Waals surface area contributed by atoms with Gasteiger partial charge in [-0.05, 0) is 67.9 Å². The molecule has 2 aromatic rings. The fourth-order valence-electron chi connectivity index (χ4n) is 4.01. The molecule has 3 N–H and O–H groups in total. The molecule has 1 fully saturated rings. The summed E-state index contributed by atoms with van der Waals surface area (Å²) < 4.78 is 0. The number of aliphatic hydroxyl groups is 1. The summed E-state index contributed by atoms with van der Waals surface area (Å²) in [5, 5.41) is 16.2. The molecule has 1 saturated heterocycles. The molecule has 3 rings (SSSR count). The number of hydrogen-bond donors (Lipinski definition) is 3. The maximum absolute atomic E-state index is 9.33. The molecule has 1 aliphatic rings. The molecule has 5 nitrogen and oxygen atoms in total. The number of aryl methyl sites for hydroxylation is 1. The molecule has 1 unspecified atom stereocenters. The topological polar surface area (TPSA) is 59.9 Å². The molecular formula is C26H39IN4O. The first-order valence-corrected chi connectivity index (χ1v) is 11.7. The van der Waals surface area contributed by atoms with Gasteiger partial charge in [0.05, 0.1) is 12.6 Å². The number of guanidine groups is 1. The highest BCUT2D eigenvalue weighted by Crippen LogP contribution is 2.23. The lowest BCUT2D eigenvalue weighted by molar-refractivity contribution is 0.203. The van der Waals surface area contributed by atoms with Crippen LogP contribution in [0.4, 0.5) is 5.69 Å². The number of aliphatic hydroxyl groups excluding tert-OH is 1. The summed E-state index contributed by atoms with van der Waals surface area (Å²) in [6.45, 7) is 10.3. The van der Waals surface area contributed by atoms with Gasteiger partial charge in [-0.2, -0.15) is 0 Å². The second-order valence-electron chi connectivity index (χ2n) is 8.44. The van der Waals surface area contributed by atoms with E-state index in [4.69, 9.17) is 4.99 Å². The van der Waals surface area contributed by atoms with Gasteiger partial charge in [0, 0.05) is 31.9 Å². The number of anilines is 1. The highest BCUT2D eigenvalue weighted by Gasteiger charge is 2.18. The number of rotatable bonds is 8. The van der Waals surface area contributed by atoms with E-state index in [9.17, 15) is 5.11 Å². The zero-order chi connectivity index (χ0) is 22.1. The fraction of sp³-hybridized carbons (Fsp3) is 0.500. The Labute approximate surface area is 210 Å². The van der Waals surface area contributed by atoms with Crippen molar-refractivity contribution in [3.05, 3.63) is 65.2 Å². The van der Waals surface area contributed by atoms with Crippen LogP contribution in [0, 0.1) is 5.92 Å². The number of hydrogen-bond acceptors (Lipinski definition) is 3. The lowest BCUT2D eigenvalue weighted by Crippen LogP contribution is -2.38. The molecule has 1 aliphatic heterocycles. The van der Waals surface area contributed by atoms with Crippen LogP contribution >= 0.6 is 24.0 Å². The largest absolute Gasteiger partial charge is 0.396 e. The Morgan fingerprint density at radius 3 is 2.22 bits per heavy atom. The minimum Gasteiger partial charge on any atom is -0.396 e. The number of piperidine rings is 1. The van der Waals surface area contributed by atoms with Crippen molar-refractivity contribution in [2.24, 2.45) is 10.9 Å². The van der Waals surface area contributed by atoms with Crippen LogP contribution < -0.4 is 15.5 Å². The second-order valence-corrected chi connectivity index (χ2v) is 8.44. The Balaban J connectivity index is 0.00000363. The zero-order valence-corrected chi connectivity index (χ0v) is 22.0. The average molecular weight is 551 g/mol. The fourth-order valence-corrected chi connectivity index (χ4v) is 4.01. The van der Waals surface area contributed by atoms with Crippen LogP contribution in [0.1, 0.15) is 56.3 Å². The van der Waals surface area contributed by atoms with Gasteiger partial charge in [0.1, 0.15) is 0 Å². The first-order chi connectivity index (χ1) is 15.1. The van der Waals surface area contributed by atoms with Crippen LogP contribution in [0.15, 0.2) is 53.5 Å². The van der Waals surface area contributed by atoms with Gasteiger partial charge in [0.15, 0.2) is 5.96 Å². The van der Waals surface area contributed by atoms with Crippen molar-refractivity contribution in [1.29, 1.82) is 0 Å². The zero-order valence-electron chi connectivity index (χ0n) is 19.7. The van der Waals surface area contributed by atoms with Crippen LogP contribution in [-0.2, 0) is 13.0 Å². The van der Waals surface area contributed by atoms with Crippen LogP contribution in [0.5, 0.6) is 0 Å². The van der Waals surface area contributed by atoms with E-state index in [1.807, 2.05) is 0 Å². The Kier molecular flexibility index (Phi) is 11.3. The van der Waals surface area contributed by atoms with E-state index in [0.29, 0.717) is 19.1 Å². The molecule has 0 aliphatic carbocycles. The lowest BCUT2D eigenvalue weighted by atomic mass is 9.97. The molecule has 1 atom stereocenters. The van der Waals surface area contributed by atoms with Gasteiger partial charge in [-0.1, -0.05) is 43.3 Å². The van der Waals surface area contributed by atoms with E-state index < -0.39 is 0 Å². The van der Waals surface area contributed by atoms with Crippen molar-refractivity contribution < 1.29 is 5.11 Å². The van der Waals surface area contributed by atoms with Crippen LogP contribution in [0.25, 0.3) is 0 Å². The standard InChI is InChI=1S/C26H38N4O.HI/c1-4-21-6-10-24(11-7-21)20(3)29-26(27-5-2)28-18-22-8-12-25(13-9-22)30-16-14-23(19-31)15-17-30;/h6-13,20,23,31H,4-5,14-19H2,1-3H3,(H2,27,28,29);1H. The summed E-state index contributed by atoms with van der Waals surface area (Å²) in [5.41, 5.74) is 5.08. The molecule has 6 heteroatoms. The summed E-state index contributed by atoms with van der Waals surface area (Å²) in [7, 11) is 0. The van der Waals surface area contributed by atoms with Gasteiger partial charge in [-0.3, -0.25) is 0 Å². The Hall–Kier alpha value is -1.80. The molecule has 0 bridgehead atoms. The summed E-state index contributed by atoms with van der Waals surface area (Å²) in [6.07, 6.45) is 3.20. The summed E-state index contributed by atoms with van der Waals surface area (Å²) in [6, 6.07) is 17.7. The van der Waals surface area contributed by atoms with Crippen molar-refractivity contribution >= 4 is 35.6 Å². The molecule has 0 spiro atoms. The number of nitrogens with one attached hydrogen (secondary N) is 2. The summed E-state index contributed by atoms with van der Waals surface area (Å²) >= 11 is 0. The molecule has 1 heterocycles. The first kappa shape index (κ1) is 26.5. The van der Waals surface area contributed by atoms with E-state index in [1.54, 1.807) is 0 Å². The van der Waals surface area contributed by atoms with Gasteiger partial charge in [0.2, 0.25) is 0 Å². The van der Waals surface area contributed by atoms with Gasteiger partial charge in [-0.15, -0.1) is 24.0 Å². The summed E-state index contributed by atoms with van der Waals surface area (Å²) in [5.74, 6) is 1.30. The third-order valence-corrected chi connectivity index (χ3v) is 6.18. The molecule has 0 amide bonds. The Bertz CT molecular complexity index is 815. The minimum absolute atomic E-state index is 0. The third kappa shape index (κ3) is 7.66. The van der Waals surface area contributed by atoms with E-state index in [2.05, 4.69) is 84.8 Å². The Morgan fingerprint density at radius 1 is 1.03 bits per heavy atom. The number of aliphatic imine (C=N–C) groups is 1. The molecule has 0 aromatic heterocycles. The monoisotopic (exact) mass is 550 g/mol. The van der Waals surface area contributed by atoms with Gasteiger partial charge in [-0.25, -0.2) is 4.99 Å². The van der Waals surface area contributed by atoms with E-state index in [1.165, 1.54) is 22.4 Å². The maximum Gasteiger partial charge on any atom is 0.192 e. The van der Waals surface area contributed by atoms with E-state index >= 15 is 0 Å². The van der Waals surface area contributed by atoms with Crippen molar-refractivity contribution in [3.63, 3.8) is 0 Å². The molecule has 0 saturated carbocycles. The average Bonchev–Trinajstić information content (AvgIpc) is 2.83. The minimum atomic E-state index is 0. The molecule has 2 aromatic carbocycles. The maximum atomic E-state index is 9.33. The van der Waals surface area contributed by atoms with Crippen molar-refractivity contribution in [2.45, 2.75) is 52.6 Å². The molecule has 32 heavy (non-hydrogen) atoms. The van der Waals surface area contributed by atoms with Crippen LogP contribution in [0.2, 0.25) is 0 Å². The third-order valence-electron chi connectivity index (χ3n) is 6.18. The Morgan fingerprint density at radius 2 is 1.66 bits per heavy atom. The normalized spacial score (nSPS) is 15.8. The number of halogens is 1. The number of benzene rings is 2. The van der Waals surface area contributed by atoms with Gasteiger partial charge >= 0.3 is 0 Å². The smallest absolute Gasteiger partial charge is 0.192 e.